The molecule has 2 unspecified atom stereocenters. The van der Waals surface area contributed by atoms with E-state index in [2.05, 4.69) is 4.90 Å². The minimum atomic E-state index is -1.31. The molecule has 3 N–H and O–H groups in total. The maximum atomic E-state index is 13.8. The van der Waals surface area contributed by atoms with E-state index in [9.17, 15) is 14.3 Å². The zero-order chi connectivity index (χ0) is 20.1. The first-order chi connectivity index (χ1) is 13.5. The fourth-order valence-corrected chi connectivity index (χ4v) is 5.01. The number of unbranched alkanes of at least 4 members (excludes halogenated alkanes) is 1. The molecule has 2 atom stereocenters. The van der Waals surface area contributed by atoms with Crippen LogP contribution in [0.5, 0.6) is 0 Å². The van der Waals surface area contributed by atoms with Crippen LogP contribution in [0.3, 0.4) is 0 Å². The van der Waals surface area contributed by atoms with Gasteiger partial charge in [-0.15, -0.1) is 0 Å². The Labute approximate surface area is 166 Å². The van der Waals surface area contributed by atoms with Crippen LogP contribution in [0.25, 0.3) is 0 Å². The van der Waals surface area contributed by atoms with Crippen LogP contribution in [0.1, 0.15) is 62.1 Å². The number of carboxylic acid groups (broad SMARTS) is 1. The fourth-order valence-electron chi connectivity index (χ4n) is 5.01. The van der Waals surface area contributed by atoms with Gasteiger partial charge in [0.25, 0.3) is 0 Å². The molecule has 28 heavy (non-hydrogen) atoms. The van der Waals surface area contributed by atoms with Crippen molar-refractivity contribution in [1.82, 2.24) is 4.90 Å². The summed E-state index contributed by atoms with van der Waals surface area (Å²) in [6, 6.07) is 5.38. The van der Waals surface area contributed by atoms with Gasteiger partial charge in [-0.3, -0.25) is 9.69 Å². The lowest BCUT2D eigenvalue weighted by atomic mass is 9.78. The molecule has 154 valence electrons. The summed E-state index contributed by atoms with van der Waals surface area (Å²) in [5.41, 5.74) is 2.36. The Morgan fingerprint density at radius 2 is 1.96 bits per heavy atom. The van der Waals surface area contributed by atoms with Crippen molar-refractivity contribution < 1.29 is 24.3 Å². The second-order valence-corrected chi connectivity index (χ2v) is 8.33. The minimum Gasteiger partial charge on any atom is -0.481 e. The minimum absolute atomic E-state index is 0.156. The van der Waals surface area contributed by atoms with Crippen LogP contribution in [0.2, 0.25) is 6.32 Å². The molecule has 1 fully saturated rings. The van der Waals surface area contributed by atoms with E-state index in [1.165, 1.54) is 5.56 Å². The summed E-state index contributed by atoms with van der Waals surface area (Å²) in [6.07, 6.45) is 7.06. The molecule has 1 aromatic carbocycles. The van der Waals surface area contributed by atoms with Gasteiger partial charge in [-0.25, -0.2) is 4.39 Å². The van der Waals surface area contributed by atoms with Gasteiger partial charge in [0.05, 0.1) is 5.92 Å². The molecule has 2 aliphatic rings. The average Bonchev–Trinajstić information content (AvgIpc) is 2.67. The number of rotatable bonds is 8. The monoisotopic (exact) mass is 391 g/mol. The van der Waals surface area contributed by atoms with Gasteiger partial charge in [-0.05, 0) is 87.1 Å². The van der Waals surface area contributed by atoms with Crippen LogP contribution < -0.4 is 0 Å². The quantitative estimate of drug-likeness (QED) is 0.468. The van der Waals surface area contributed by atoms with Crippen molar-refractivity contribution in [2.75, 3.05) is 13.1 Å². The molecule has 7 heteroatoms. The first-order valence-electron chi connectivity index (χ1n) is 10.6. The topological polar surface area (TPSA) is 81.0 Å². The maximum Gasteiger partial charge on any atom is 0.451 e. The molecule has 0 bridgehead atoms. The number of piperidine rings is 1. The summed E-state index contributed by atoms with van der Waals surface area (Å²) in [7, 11) is -1.31. The zero-order valence-electron chi connectivity index (χ0n) is 16.4. The summed E-state index contributed by atoms with van der Waals surface area (Å²) in [4.78, 5) is 14.2. The Morgan fingerprint density at radius 1 is 1.21 bits per heavy atom. The number of nitrogens with zero attached hydrogens (tertiary/aromatic N) is 1. The van der Waals surface area contributed by atoms with E-state index in [4.69, 9.17) is 10.0 Å². The third kappa shape index (κ3) is 5.34. The molecule has 1 aliphatic heterocycles. The number of benzene rings is 1. The van der Waals surface area contributed by atoms with Gasteiger partial charge >= 0.3 is 13.1 Å². The number of aryl methyl sites for hydroxylation is 1. The maximum absolute atomic E-state index is 13.8. The molecule has 1 aromatic rings. The van der Waals surface area contributed by atoms with E-state index in [0.717, 1.165) is 50.8 Å². The van der Waals surface area contributed by atoms with Crippen LogP contribution in [-0.4, -0.2) is 46.2 Å². The predicted octanol–water partition coefficient (Wildman–Crippen LogP) is 3.26. The van der Waals surface area contributed by atoms with E-state index >= 15 is 0 Å². The lowest BCUT2D eigenvalue weighted by molar-refractivity contribution is -0.144. The number of hydrogen-bond acceptors (Lipinski definition) is 4. The SMILES string of the molecule is O=C(O)C(CCCCB(O)O)C1CCN(C2CCCc3ccc(F)cc32)CC1. The Balaban J connectivity index is 1.56. The number of carboxylic acids is 1. The summed E-state index contributed by atoms with van der Waals surface area (Å²) in [5.74, 6) is -1.13. The number of hydrogen-bond donors (Lipinski definition) is 3. The van der Waals surface area contributed by atoms with Gasteiger partial charge in [-0.2, -0.15) is 0 Å². The molecule has 0 aromatic heterocycles. The van der Waals surface area contributed by atoms with E-state index in [1.807, 2.05) is 6.07 Å². The predicted molar refractivity (Wildman–Crippen MR) is 106 cm³/mol. The number of carbonyl (C=O) groups is 1. The highest BCUT2D eigenvalue weighted by Crippen LogP contribution is 2.38. The van der Waals surface area contributed by atoms with Crippen molar-refractivity contribution in [3.05, 3.63) is 35.1 Å². The largest absolute Gasteiger partial charge is 0.481 e. The van der Waals surface area contributed by atoms with Crippen LogP contribution in [0.4, 0.5) is 4.39 Å². The average molecular weight is 391 g/mol. The van der Waals surface area contributed by atoms with Gasteiger partial charge in [0.1, 0.15) is 5.82 Å². The second-order valence-electron chi connectivity index (χ2n) is 8.33. The summed E-state index contributed by atoms with van der Waals surface area (Å²) >= 11 is 0. The van der Waals surface area contributed by atoms with Crippen LogP contribution in [-0.2, 0) is 11.2 Å². The van der Waals surface area contributed by atoms with Gasteiger partial charge in [0.2, 0.25) is 0 Å². The van der Waals surface area contributed by atoms with Crippen molar-refractivity contribution in [2.24, 2.45) is 11.8 Å². The Hall–Kier alpha value is -1.44. The van der Waals surface area contributed by atoms with Crippen molar-refractivity contribution in [3.63, 3.8) is 0 Å². The third-order valence-corrected chi connectivity index (χ3v) is 6.52. The first-order valence-corrected chi connectivity index (χ1v) is 10.6. The van der Waals surface area contributed by atoms with E-state index in [-0.39, 0.29) is 23.7 Å². The molecule has 1 aliphatic carbocycles. The molecule has 1 saturated heterocycles. The third-order valence-electron chi connectivity index (χ3n) is 6.52. The number of halogens is 1. The molecular formula is C21H31BFNO4. The van der Waals surface area contributed by atoms with Gasteiger partial charge in [0, 0.05) is 6.04 Å². The van der Waals surface area contributed by atoms with Crippen molar-refractivity contribution in [1.29, 1.82) is 0 Å². The number of aliphatic carboxylic acids is 1. The molecule has 1 heterocycles. The molecule has 0 spiro atoms. The molecule has 0 amide bonds. The van der Waals surface area contributed by atoms with Crippen LogP contribution in [0, 0.1) is 17.7 Å². The zero-order valence-corrected chi connectivity index (χ0v) is 16.4. The highest BCUT2D eigenvalue weighted by molar-refractivity contribution is 6.40. The Kier molecular flexibility index (Phi) is 7.49. The number of likely N-dealkylation sites (tertiary alicyclic amines) is 1. The fraction of sp³-hybridized carbons (Fsp3) is 0.667. The van der Waals surface area contributed by atoms with Gasteiger partial charge in [0.15, 0.2) is 0 Å². The molecule has 0 radical (unpaired) electrons. The molecule has 3 rings (SSSR count). The number of fused-ring (bicyclic) bond motifs is 1. The van der Waals surface area contributed by atoms with Gasteiger partial charge < -0.3 is 15.2 Å². The van der Waals surface area contributed by atoms with Crippen LogP contribution in [0.15, 0.2) is 18.2 Å². The second kappa shape index (κ2) is 9.85. The Morgan fingerprint density at radius 3 is 2.64 bits per heavy atom. The summed E-state index contributed by atoms with van der Waals surface area (Å²) < 4.78 is 13.8. The Bertz CT molecular complexity index is 664. The highest BCUT2D eigenvalue weighted by atomic mass is 19.1. The van der Waals surface area contributed by atoms with E-state index in [1.54, 1.807) is 12.1 Å². The van der Waals surface area contributed by atoms with Crippen molar-refractivity contribution in [3.8, 4) is 0 Å². The van der Waals surface area contributed by atoms with E-state index < -0.39 is 13.1 Å². The standard InChI is InChI=1S/C21H31BFNO4/c23-17-8-7-15-4-3-6-20(19(15)14-17)24-12-9-16(10-13-24)18(21(25)26)5-1-2-11-22(27)28/h7-8,14,16,18,20,27-28H,1-6,9-13H2,(H,25,26). The van der Waals surface area contributed by atoms with E-state index in [0.29, 0.717) is 25.6 Å². The molecule has 5 nitrogen and oxygen atoms in total. The van der Waals surface area contributed by atoms with Crippen molar-refractivity contribution in [2.45, 2.75) is 63.7 Å². The summed E-state index contributed by atoms with van der Waals surface area (Å²) in [5, 5.41) is 27.5. The lowest BCUT2D eigenvalue weighted by Crippen LogP contribution is -2.41. The first kappa shape index (κ1) is 21.3. The van der Waals surface area contributed by atoms with Crippen LogP contribution >= 0.6 is 0 Å². The summed E-state index contributed by atoms with van der Waals surface area (Å²) in [6.45, 7) is 1.70. The van der Waals surface area contributed by atoms with Crippen molar-refractivity contribution >= 4 is 13.1 Å². The molecule has 0 saturated carbocycles. The smallest absolute Gasteiger partial charge is 0.451 e. The highest BCUT2D eigenvalue weighted by Gasteiger charge is 2.34. The lowest BCUT2D eigenvalue weighted by Gasteiger charge is -2.41. The molecular weight excluding hydrogens is 360 g/mol. The normalized spacial score (nSPS) is 21.9. The van der Waals surface area contributed by atoms with Gasteiger partial charge in [-0.1, -0.05) is 18.9 Å².